The zero-order valence-electron chi connectivity index (χ0n) is 15.8. The van der Waals surface area contributed by atoms with Crippen molar-refractivity contribution in [3.8, 4) is 0 Å². The van der Waals surface area contributed by atoms with Crippen LogP contribution in [-0.4, -0.2) is 26.2 Å². The summed E-state index contributed by atoms with van der Waals surface area (Å²) in [6.45, 7) is 1.87. The molecule has 28 heavy (non-hydrogen) atoms. The zero-order valence-corrected chi connectivity index (χ0v) is 16.6. The molecule has 2 aromatic rings. The molecule has 0 heterocycles. The summed E-state index contributed by atoms with van der Waals surface area (Å²) >= 11 is 0. The molecule has 0 saturated heterocycles. The highest BCUT2D eigenvalue weighted by molar-refractivity contribution is 7.89. The maximum absolute atomic E-state index is 12.7. The highest BCUT2D eigenvalue weighted by atomic mass is 32.2. The molecule has 2 aromatic carbocycles. The van der Waals surface area contributed by atoms with Crippen LogP contribution in [0.1, 0.15) is 43.2 Å². The van der Waals surface area contributed by atoms with Crippen molar-refractivity contribution in [1.82, 2.24) is 4.83 Å². The molecule has 0 radical (unpaired) electrons. The first-order valence-electron chi connectivity index (χ1n) is 9.38. The Morgan fingerprint density at radius 3 is 2.29 bits per heavy atom. The van der Waals surface area contributed by atoms with Gasteiger partial charge in [-0.1, -0.05) is 54.4 Å². The number of ether oxygens (including phenoxy) is 1. The van der Waals surface area contributed by atoms with E-state index in [1.165, 1.54) is 12.1 Å². The van der Waals surface area contributed by atoms with E-state index in [-0.39, 0.29) is 16.7 Å². The Bertz CT molecular complexity index is 932. The molecule has 1 fully saturated rings. The Labute approximate surface area is 165 Å². The minimum absolute atomic E-state index is 0.0538. The van der Waals surface area contributed by atoms with Gasteiger partial charge in [0, 0.05) is 5.56 Å². The second kappa shape index (κ2) is 9.01. The molecule has 3 rings (SSSR count). The number of esters is 1. The molecule has 0 spiro atoms. The number of rotatable bonds is 6. The molecule has 7 heteroatoms. The van der Waals surface area contributed by atoms with E-state index in [2.05, 4.69) is 9.93 Å². The van der Waals surface area contributed by atoms with E-state index in [0.717, 1.165) is 37.7 Å². The Morgan fingerprint density at radius 1 is 1.00 bits per heavy atom. The van der Waals surface area contributed by atoms with Crippen LogP contribution in [0.5, 0.6) is 0 Å². The Hall–Kier alpha value is -2.67. The zero-order chi connectivity index (χ0) is 20.0. The summed E-state index contributed by atoms with van der Waals surface area (Å²) in [5, 5.41) is 3.93. The van der Waals surface area contributed by atoms with Crippen LogP contribution in [0.4, 0.5) is 0 Å². The van der Waals surface area contributed by atoms with Crippen LogP contribution in [0, 0.1) is 6.92 Å². The number of nitrogens with one attached hydrogen (secondary N) is 1. The minimum Gasteiger partial charge on any atom is -0.458 e. The fourth-order valence-corrected chi connectivity index (χ4v) is 3.90. The summed E-state index contributed by atoms with van der Waals surface area (Å²) in [4.78, 5) is 15.0. The van der Waals surface area contributed by atoms with Crippen molar-refractivity contribution >= 4 is 21.7 Å². The second-order valence-corrected chi connectivity index (χ2v) is 8.56. The Balaban J connectivity index is 1.83. The van der Waals surface area contributed by atoms with Gasteiger partial charge in [0.15, 0.2) is 5.71 Å². The Morgan fingerprint density at radius 2 is 1.64 bits per heavy atom. The highest BCUT2D eigenvalue weighted by Crippen LogP contribution is 2.21. The first-order chi connectivity index (χ1) is 13.5. The van der Waals surface area contributed by atoms with Gasteiger partial charge in [-0.05, 0) is 44.7 Å². The summed E-state index contributed by atoms with van der Waals surface area (Å²) < 4.78 is 30.6. The molecule has 148 valence electrons. The lowest BCUT2D eigenvalue weighted by atomic mass is 9.98. The number of sulfonamides is 1. The average molecular weight is 401 g/mol. The van der Waals surface area contributed by atoms with Gasteiger partial charge in [-0.2, -0.15) is 18.4 Å². The third-order valence-corrected chi connectivity index (χ3v) is 5.90. The molecule has 1 aliphatic carbocycles. The molecule has 1 saturated carbocycles. The number of hydrogen-bond donors (Lipinski definition) is 1. The molecule has 0 aliphatic heterocycles. The number of carbonyl (C=O) groups is 1. The van der Waals surface area contributed by atoms with Crippen LogP contribution in [-0.2, 0) is 19.6 Å². The van der Waals surface area contributed by atoms with Crippen LogP contribution in [0.3, 0.4) is 0 Å². The number of carbonyl (C=O) groups excluding carboxylic acids is 1. The van der Waals surface area contributed by atoms with Crippen LogP contribution in [0.15, 0.2) is 64.6 Å². The van der Waals surface area contributed by atoms with Crippen molar-refractivity contribution in [2.75, 3.05) is 0 Å². The lowest BCUT2D eigenvalue weighted by Crippen LogP contribution is -2.29. The normalized spacial score (nSPS) is 15.8. The monoisotopic (exact) mass is 400 g/mol. The first-order valence-corrected chi connectivity index (χ1v) is 10.9. The SMILES string of the molecule is Cc1ccc(S(=O)(=O)N/N=C(/C(=O)OC2CCCCC2)c2ccccc2)cc1. The van der Waals surface area contributed by atoms with E-state index < -0.39 is 16.0 Å². The van der Waals surface area contributed by atoms with Crippen molar-refractivity contribution in [2.24, 2.45) is 5.10 Å². The summed E-state index contributed by atoms with van der Waals surface area (Å²) in [5.41, 5.74) is 1.39. The first kappa shape index (κ1) is 20.1. The van der Waals surface area contributed by atoms with E-state index >= 15 is 0 Å². The number of nitrogens with zero attached hydrogens (tertiary/aromatic N) is 1. The van der Waals surface area contributed by atoms with Crippen LogP contribution < -0.4 is 4.83 Å². The predicted molar refractivity (Wildman–Crippen MR) is 107 cm³/mol. The highest BCUT2D eigenvalue weighted by Gasteiger charge is 2.23. The molecule has 6 nitrogen and oxygen atoms in total. The molecule has 0 amide bonds. The fraction of sp³-hybridized carbons (Fsp3) is 0.333. The van der Waals surface area contributed by atoms with Gasteiger partial charge in [-0.15, -0.1) is 0 Å². The lowest BCUT2D eigenvalue weighted by molar-refractivity contribution is -0.142. The van der Waals surface area contributed by atoms with Crippen molar-refractivity contribution in [3.63, 3.8) is 0 Å². The summed E-state index contributed by atoms with van der Waals surface area (Å²) in [7, 11) is -3.89. The standard InChI is InChI=1S/C21H24N2O4S/c1-16-12-14-19(15-13-16)28(25,26)23-22-20(17-8-4-2-5-9-17)21(24)27-18-10-6-3-7-11-18/h2,4-5,8-9,12-15,18,23H,3,6-7,10-11H2,1H3/b22-20+. The van der Waals surface area contributed by atoms with Gasteiger partial charge in [-0.25, -0.2) is 4.79 Å². The largest absolute Gasteiger partial charge is 0.458 e. The van der Waals surface area contributed by atoms with Gasteiger partial charge in [0.2, 0.25) is 0 Å². The molecule has 0 aromatic heterocycles. The molecule has 1 N–H and O–H groups in total. The van der Waals surface area contributed by atoms with Gasteiger partial charge in [0.25, 0.3) is 10.0 Å². The topological polar surface area (TPSA) is 84.8 Å². The number of aryl methyl sites for hydroxylation is 1. The van der Waals surface area contributed by atoms with Gasteiger partial charge in [0.1, 0.15) is 6.10 Å². The third kappa shape index (κ3) is 5.19. The van der Waals surface area contributed by atoms with Gasteiger partial charge < -0.3 is 4.74 Å². The van der Waals surface area contributed by atoms with E-state index in [4.69, 9.17) is 4.74 Å². The summed E-state index contributed by atoms with van der Waals surface area (Å²) in [6.07, 6.45) is 4.69. The van der Waals surface area contributed by atoms with E-state index in [1.807, 2.05) is 13.0 Å². The van der Waals surface area contributed by atoms with Crippen molar-refractivity contribution in [2.45, 2.75) is 50.0 Å². The van der Waals surface area contributed by atoms with Crippen molar-refractivity contribution in [1.29, 1.82) is 0 Å². The number of benzene rings is 2. The van der Waals surface area contributed by atoms with E-state index in [0.29, 0.717) is 5.56 Å². The maximum atomic E-state index is 12.7. The van der Waals surface area contributed by atoms with Gasteiger partial charge >= 0.3 is 5.97 Å². The molecule has 0 unspecified atom stereocenters. The van der Waals surface area contributed by atoms with E-state index in [9.17, 15) is 13.2 Å². The number of hydrogen-bond acceptors (Lipinski definition) is 5. The average Bonchev–Trinajstić information content (AvgIpc) is 2.70. The minimum atomic E-state index is -3.89. The predicted octanol–water partition coefficient (Wildman–Crippen LogP) is 3.55. The van der Waals surface area contributed by atoms with Gasteiger partial charge in [0.05, 0.1) is 4.90 Å². The molecule has 0 atom stereocenters. The summed E-state index contributed by atoms with van der Waals surface area (Å²) in [6, 6.07) is 15.1. The number of hydrazone groups is 1. The maximum Gasteiger partial charge on any atom is 0.359 e. The fourth-order valence-electron chi connectivity index (χ4n) is 3.09. The van der Waals surface area contributed by atoms with Crippen LogP contribution in [0.2, 0.25) is 0 Å². The van der Waals surface area contributed by atoms with E-state index in [1.54, 1.807) is 36.4 Å². The smallest absolute Gasteiger partial charge is 0.359 e. The summed E-state index contributed by atoms with van der Waals surface area (Å²) in [5.74, 6) is -0.621. The van der Waals surface area contributed by atoms with Crippen LogP contribution >= 0.6 is 0 Å². The molecule has 1 aliphatic rings. The van der Waals surface area contributed by atoms with Gasteiger partial charge in [-0.3, -0.25) is 0 Å². The molecular weight excluding hydrogens is 376 g/mol. The quantitative estimate of drug-likeness (QED) is 0.456. The second-order valence-electron chi connectivity index (χ2n) is 6.90. The van der Waals surface area contributed by atoms with Crippen molar-refractivity contribution < 1.29 is 17.9 Å². The van der Waals surface area contributed by atoms with Crippen LogP contribution in [0.25, 0.3) is 0 Å². The lowest BCUT2D eigenvalue weighted by Gasteiger charge is -2.22. The molecular formula is C21H24N2O4S. The third-order valence-electron chi connectivity index (χ3n) is 4.68. The Kier molecular flexibility index (Phi) is 6.46. The van der Waals surface area contributed by atoms with Crippen molar-refractivity contribution in [3.05, 3.63) is 65.7 Å². The molecule has 0 bridgehead atoms.